The van der Waals surface area contributed by atoms with Gasteiger partial charge in [-0.1, -0.05) is 13.3 Å². The van der Waals surface area contributed by atoms with Gasteiger partial charge in [0.15, 0.2) is 0 Å². The fourth-order valence-corrected chi connectivity index (χ4v) is 2.72. The van der Waals surface area contributed by atoms with Crippen LogP contribution in [0.25, 0.3) is 0 Å². The lowest BCUT2D eigenvalue weighted by molar-refractivity contribution is -0.00162. The number of unbranched alkanes of at least 4 members (excludes halogenated alkanes) is 1. The molecule has 0 saturated carbocycles. The van der Waals surface area contributed by atoms with E-state index in [1.54, 1.807) is 0 Å². The molecule has 0 aromatic carbocycles. The first-order valence-corrected chi connectivity index (χ1v) is 8.26. The third kappa shape index (κ3) is 8.61. The van der Waals surface area contributed by atoms with E-state index in [1.165, 1.54) is 51.5 Å². The van der Waals surface area contributed by atoms with Crippen LogP contribution in [0, 0.1) is 0 Å². The first-order valence-electron chi connectivity index (χ1n) is 8.26. The topological polar surface area (TPSA) is 24.5 Å². The highest BCUT2D eigenvalue weighted by Gasteiger charge is 2.15. The van der Waals surface area contributed by atoms with E-state index in [4.69, 9.17) is 4.74 Å². The van der Waals surface area contributed by atoms with E-state index in [9.17, 15) is 0 Å². The summed E-state index contributed by atoms with van der Waals surface area (Å²) >= 11 is 0. The highest BCUT2D eigenvalue weighted by Crippen LogP contribution is 2.13. The van der Waals surface area contributed by atoms with Gasteiger partial charge in [0, 0.05) is 19.2 Å². The molecule has 1 heterocycles. The molecule has 0 aromatic rings. The second-order valence-corrected chi connectivity index (χ2v) is 6.10. The lowest BCUT2D eigenvalue weighted by Gasteiger charge is -2.27. The minimum atomic E-state index is 0.490. The number of nitrogens with zero attached hydrogens (tertiary/aromatic N) is 1. The van der Waals surface area contributed by atoms with Crippen LogP contribution in [-0.2, 0) is 4.74 Å². The van der Waals surface area contributed by atoms with Gasteiger partial charge in [0.05, 0.1) is 6.10 Å². The predicted molar refractivity (Wildman–Crippen MR) is 82.7 cm³/mol. The highest BCUT2D eigenvalue weighted by molar-refractivity contribution is 4.68. The Kier molecular flexibility index (Phi) is 9.48. The predicted octanol–water partition coefficient (Wildman–Crippen LogP) is 3.05. The van der Waals surface area contributed by atoms with Gasteiger partial charge < -0.3 is 15.0 Å². The number of rotatable bonds is 10. The van der Waals surface area contributed by atoms with E-state index < -0.39 is 0 Å². The van der Waals surface area contributed by atoms with Crippen LogP contribution in [0.3, 0.4) is 0 Å². The monoisotopic (exact) mass is 270 g/mol. The van der Waals surface area contributed by atoms with Gasteiger partial charge in [0.25, 0.3) is 0 Å². The number of nitrogens with one attached hydrogen (secondary N) is 1. The number of hydrogen-bond donors (Lipinski definition) is 1. The minimum absolute atomic E-state index is 0.490. The average Bonchev–Trinajstić information content (AvgIpc) is 2.42. The van der Waals surface area contributed by atoms with Crippen LogP contribution in [0.15, 0.2) is 0 Å². The lowest BCUT2D eigenvalue weighted by atomic mass is 10.1. The molecule has 2 atom stereocenters. The Morgan fingerprint density at radius 1 is 1.32 bits per heavy atom. The lowest BCUT2D eigenvalue weighted by Crippen LogP contribution is -2.34. The highest BCUT2D eigenvalue weighted by atomic mass is 16.5. The maximum Gasteiger partial charge on any atom is 0.0701 e. The molecule has 0 bridgehead atoms. The zero-order chi connectivity index (χ0) is 13.9. The third-order valence-corrected chi connectivity index (χ3v) is 3.96. The second-order valence-electron chi connectivity index (χ2n) is 6.10. The maximum atomic E-state index is 5.79. The summed E-state index contributed by atoms with van der Waals surface area (Å²) in [6.07, 6.45) is 9.51. The Morgan fingerprint density at radius 3 is 2.84 bits per heavy atom. The maximum absolute atomic E-state index is 5.79. The van der Waals surface area contributed by atoms with Crippen LogP contribution in [0.1, 0.15) is 58.8 Å². The van der Waals surface area contributed by atoms with Gasteiger partial charge in [-0.15, -0.1) is 0 Å². The van der Waals surface area contributed by atoms with E-state index in [0.29, 0.717) is 12.1 Å². The molecular formula is C16H34N2O. The van der Waals surface area contributed by atoms with Crippen molar-refractivity contribution in [3.8, 4) is 0 Å². The third-order valence-electron chi connectivity index (χ3n) is 3.96. The SMILES string of the molecule is CCCNC(C)CCCCN(C)CC1CCCCO1. The molecule has 19 heavy (non-hydrogen) atoms. The molecule has 0 aromatic heterocycles. The van der Waals surface area contributed by atoms with Gasteiger partial charge in [-0.3, -0.25) is 0 Å². The van der Waals surface area contributed by atoms with Crippen molar-refractivity contribution in [3.05, 3.63) is 0 Å². The average molecular weight is 270 g/mol. The van der Waals surface area contributed by atoms with Crippen LogP contribution in [0.5, 0.6) is 0 Å². The zero-order valence-corrected chi connectivity index (χ0v) is 13.3. The quantitative estimate of drug-likeness (QED) is 0.618. The summed E-state index contributed by atoms with van der Waals surface area (Å²) in [6, 6.07) is 0.673. The van der Waals surface area contributed by atoms with Crippen molar-refractivity contribution in [2.24, 2.45) is 0 Å². The van der Waals surface area contributed by atoms with E-state index in [0.717, 1.165) is 19.7 Å². The van der Waals surface area contributed by atoms with Gasteiger partial charge in [0.2, 0.25) is 0 Å². The van der Waals surface area contributed by atoms with Gasteiger partial charge in [-0.25, -0.2) is 0 Å². The smallest absolute Gasteiger partial charge is 0.0701 e. The van der Waals surface area contributed by atoms with Crippen LogP contribution in [0.2, 0.25) is 0 Å². The van der Waals surface area contributed by atoms with E-state index in [-0.39, 0.29) is 0 Å². The number of likely N-dealkylation sites (N-methyl/N-ethyl adjacent to an activating group) is 1. The van der Waals surface area contributed by atoms with Crippen molar-refractivity contribution in [3.63, 3.8) is 0 Å². The standard InChI is InChI=1S/C16H34N2O/c1-4-11-17-15(2)9-5-7-12-18(3)14-16-10-6-8-13-19-16/h15-17H,4-14H2,1-3H3. The summed E-state index contributed by atoms with van der Waals surface area (Å²) in [6.45, 7) is 8.97. The van der Waals surface area contributed by atoms with E-state index in [2.05, 4.69) is 31.1 Å². The summed E-state index contributed by atoms with van der Waals surface area (Å²) in [5, 5.41) is 3.55. The van der Waals surface area contributed by atoms with Crippen molar-refractivity contribution >= 4 is 0 Å². The second kappa shape index (κ2) is 10.6. The summed E-state index contributed by atoms with van der Waals surface area (Å²) in [5.41, 5.74) is 0. The molecule has 1 fully saturated rings. The van der Waals surface area contributed by atoms with Crippen molar-refractivity contribution in [1.29, 1.82) is 0 Å². The molecule has 1 saturated heterocycles. The molecule has 3 nitrogen and oxygen atoms in total. The molecule has 0 spiro atoms. The molecule has 0 aliphatic carbocycles. The van der Waals surface area contributed by atoms with Gasteiger partial charge in [-0.2, -0.15) is 0 Å². The summed E-state index contributed by atoms with van der Waals surface area (Å²) in [7, 11) is 2.23. The Bertz CT molecular complexity index is 205. The van der Waals surface area contributed by atoms with Crippen LogP contribution >= 0.6 is 0 Å². The molecule has 1 N–H and O–H groups in total. The van der Waals surface area contributed by atoms with Crippen LogP contribution < -0.4 is 5.32 Å². The molecule has 2 unspecified atom stereocenters. The summed E-state index contributed by atoms with van der Waals surface area (Å²) < 4.78 is 5.79. The number of ether oxygens (including phenoxy) is 1. The summed E-state index contributed by atoms with van der Waals surface area (Å²) in [5.74, 6) is 0. The van der Waals surface area contributed by atoms with Crippen molar-refractivity contribution in [1.82, 2.24) is 10.2 Å². The van der Waals surface area contributed by atoms with Gasteiger partial charge >= 0.3 is 0 Å². The minimum Gasteiger partial charge on any atom is -0.377 e. The molecule has 1 aliphatic rings. The Morgan fingerprint density at radius 2 is 2.16 bits per heavy atom. The van der Waals surface area contributed by atoms with Crippen molar-refractivity contribution in [2.75, 3.05) is 33.3 Å². The van der Waals surface area contributed by atoms with Gasteiger partial charge in [-0.05, 0) is 65.6 Å². The van der Waals surface area contributed by atoms with E-state index in [1.807, 2.05) is 0 Å². The largest absolute Gasteiger partial charge is 0.377 e. The van der Waals surface area contributed by atoms with Crippen molar-refractivity contribution < 1.29 is 4.74 Å². The number of hydrogen-bond acceptors (Lipinski definition) is 3. The summed E-state index contributed by atoms with van der Waals surface area (Å²) in [4.78, 5) is 2.44. The molecule has 1 rings (SSSR count). The Hall–Kier alpha value is -0.120. The zero-order valence-electron chi connectivity index (χ0n) is 13.3. The Labute approximate surface area is 120 Å². The molecule has 0 radical (unpaired) electrons. The molecule has 1 aliphatic heterocycles. The van der Waals surface area contributed by atoms with Crippen LogP contribution in [0.4, 0.5) is 0 Å². The van der Waals surface area contributed by atoms with Gasteiger partial charge in [0.1, 0.15) is 0 Å². The first-order chi connectivity index (χ1) is 9.22. The Balaban J connectivity index is 1.95. The molecular weight excluding hydrogens is 236 g/mol. The molecule has 114 valence electrons. The van der Waals surface area contributed by atoms with E-state index >= 15 is 0 Å². The first kappa shape index (κ1) is 16.9. The molecule has 3 heteroatoms. The normalized spacial score (nSPS) is 21.8. The molecule has 0 amide bonds. The fraction of sp³-hybridized carbons (Fsp3) is 1.00. The van der Waals surface area contributed by atoms with Crippen molar-refractivity contribution in [2.45, 2.75) is 70.9 Å². The fourth-order valence-electron chi connectivity index (χ4n) is 2.72. The van der Waals surface area contributed by atoms with Crippen LogP contribution in [-0.4, -0.2) is 50.3 Å².